The van der Waals surface area contributed by atoms with Gasteiger partial charge in [-0.2, -0.15) is 9.97 Å². The van der Waals surface area contributed by atoms with Crippen LogP contribution in [-0.2, 0) is 6.42 Å². The molecule has 186 valence electrons. The Morgan fingerprint density at radius 2 is 1.67 bits per heavy atom. The molecular formula is C27H31N7O2. The van der Waals surface area contributed by atoms with Crippen molar-refractivity contribution in [2.45, 2.75) is 25.8 Å². The first kappa shape index (κ1) is 22.6. The van der Waals surface area contributed by atoms with Crippen molar-refractivity contribution in [1.29, 1.82) is 0 Å². The van der Waals surface area contributed by atoms with Crippen LogP contribution in [0.15, 0.2) is 54.9 Å². The number of piperazine rings is 1. The molecule has 0 radical (unpaired) electrons. The minimum absolute atomic E-state index is 0.0362. The van der Waals surface area contributed by atoms with E-state index in [-0.39, 0.29) is 18.4 Å². The molecular weight excluding hydrogens is 454 g/mol. The predicted octanol–water partition coefficient (Wildman–Crippen LogP) is 3.50. The van der Waals surface area contributed by atoms with Crippen molar-refractivity contribution in [3.8, 4) is 5.75 Å². The number of imidazole rings is 1. The number of aromatic nitrogens is 4. The van der Waals surface area contributed by atoms with Crippen LogP contribution in [0.5, 0.6) is 5.75 Å². The van der Waals surface area contributed by atoms with Gasteiger partial charge in [-0.1, -0.05) is 25.1 Å². The lowest BCUT2D eigenvalue weighted by molar-refractivity contribution is 0.226. The summed E-state index contributed by atoms with van der Waals surface area (Å²) in [5.41, 5.74) is 5.12. The van der Waals surface area contributed by atoms with Crippen molar-refractivity contribution in [2.24, 2.45) is 0 Å². The zero-order valence-corrected chi connectivity index (χ0v) is 20.5. The molecule has 36 heavy (non-hydrogen) atoms. The van der Waals surface area contributed by atoms with Crippen molar-refractivity contribution in [3.63, 3.8) is 0 Å². The highest BCUT2D eigenvalue weighted by Gasteiger charge is 2.28. The first-order valence-electron chi connectivity index (χ1n) is 12.7. The van der Waals surface area contributed by atoms with Crippen molar-refractivity contribution >= 4 is 34.3 Å². The average Bonchev–Trinajstić information content (AvgIpc) is 3.54. The van der Waals surface area contributed by atoms with Gasteiger partial charge in [-0.3, -0.25) is 0 Å². The molecule has 0 aliphatic carbocycles. The maximum atomic E-state index is 10.0. The predicted molar refractivity (Wildman–Crippen MR) is 141 cm³/mol. The Morgan fingerprint density at radius 1 is 0.917 bits per heavy atom. The van der Waals surface area contributed by atoms with Crippen LogP contribution in [0.25, 0.3) is 11.2 Å². The summed E-state index contributed by atoms with van der Waals surface area (Å²) in [4.78, 5) is 21.6. The maximum Gasteiger partial charge on any atom is 0.229 e. The fourth-order valence-electron chi connectivity index (χ4n) is 5.29. The number of anilines is 4. The minimum Gasteiger partial charge on any atom is -0.508 e. The topological polar surface area (TPSA) is 93.8 Å². The average molecular weight is 486 g/mol. The number of aromatic hydroxyl groups is 1. The number of hydrogen-bond acceptors (Lipinski definition) is 8. The van der Waals surface area contributed by atoms with E-state index >= 15 is 0 Å². The van der Waals surface area contributed by atoms with Gasteiger partial charge in [0.15, 0.2) is 17.0 Å². The second-order valence-corrected chi connectivity index (χ2v) is 9.44. The number of aliphatic hydroxyl groups is 1. The molecule has 0 spiro atoms. The Kier molecular flexibility index (Phi) is 5.85. The van der Waals surface area contributed by atoms with E-state index in [9.17, 15) is 10.2 Å². The highest BCUT2D eigenvalue weighted by atomic mass is 16.3. The van der Waals surface area contributed by atoms with E-state index in [4.69, 9.17) is 15.0 Å². The van der Waals surface area contributed by atoms with Gasteiger partial charge in [0.2, 0.25) is 5.95 Å². The maximum absolute atomic E-state index is 10.0. The van der Waals surface area contributed by atoms with E-state index in [0.717, 1.165) is 68.2 Å². The molecule has 2 aromatic heterocycles. The monoisotopic (exact) mass is 485 g/mol. The van der Waals surface area contributed by atoms with Gasteiger partial charge in [0.25, 0.3) is 0 Å². The van der Waals surface area contributed by atoms with Gasteiger partial charge in [0.1, 0.15) is 5.75 Å². The van der Waals surface area contributed by atoms with E-state index < -0.39 is 0 Å². The third kappa shape index (κ3) is 3.89. The second kappa shape index (κ2) is 9.31. The molecule has 4 aromatic rings. The van der Waals surface area contributed by atoms with Crippen molar-refractivity contribution in [1.82, 2.24) is 19.5 Å². The number of phenolic OH excluding ortho intramolecular Hbond substituents is 1. The normalized spacial score (nSPS) is 16.6. The first-order valence-corrected chi connectivity index (χ1v) is 12.7. The Morgan fingerprint density at radius 3 is 2.42 bits per heavy atom. The van der Waals surface area contributed by atoms with Crippen molar-refractivity contribution < 1.29 is 10.2 Å². The summed E-state index contributed by atoms with van der Waals surface area (Å²) in [5, 5.41) is 19.6. The fraction of sp³-hybridized carbons (Fsp3) is 0.370. The van der Waals surface area contributed by atoms with Crippen LogP contribution in [-0.4, -0.2) is 69.1 Å². The van der Waals surface area contributed by atoms with E-state index in [2.05, 4.69) is 45.9 Å². The largest absolute Gasteiger partial charge is 0.508 e. The van der Waals surface area contributed by atoms with E-state index in [1.54, 1.807) is 18.5 Å². The molecule has 1 fully saturated rings. The number of para-hydroxylation sites is 1. The van der Waals surface area contributed by atoms with E-state index in [1.165, 1.54) is 11.3 Å². The smallest absolute Gasteiger partial charge is 0.229 e. The second-order valence-electron chi connectivity index (χ2n) is 9.44. The van der Waals surface area contributed by atoms with Crippen LogP contribution in [0.2, 0.25) is 0 Å². The van der Waals surface area contributed by atoms with Gasteiger partial charge < -0.3 is 29.5 Å². The van der Waals surface area contributed by atoms with Gasteiger partial charge in [-0.05, 0) is 48.7 Å². The summed E-state index contributed by atoms with van der Waals surface area (Å²) in [7, 11) is 0. The summed E-state index contributed by atoms with van der Waals surface area (Å²) in [6, 6.07) is 15.7. The van der Waals surface area contributed by atoms with Crippen molar-refractivity contribution in [2.75, 3.05) is 54.0 Å². The van der Waals surface area contributed by atoms with Crippen LogP contribution in [0.1, 0.15) is 24.9 Å². The Balaban J connectivity index is 1.37. The van der Waals surface area contributed by atoms with Crippen molar-refractivity contribution in [3.05, 3.63) is 60.4 Å². The summed E-state index contributed by atoms with van der Waals surface area (Å²) >= 11 is 0. The molecule has 4 heterocycles. The molecule has 1 saturated heterocycles. The van der Waals surface area contributed by atoms with Crippen LogP contribution in [0.4, 0.5) is 23.1 Å². The molecule has 9 nitrogen and oxygen atoms in total. The lowest BCUT2D eigenvalue weighted by atomic mass is 10.2. The number of benzene rings is 2. The third-order valence-corrected chi connectivity index (χ3v) is 7.39. The number of rotatable bonds is 6. The van der Waals surface area contributed by atoms with Gasteiger partial charge >= 0.3 is 0 Å². The first-order chi connectivity index (χ1) is 17.7. The molecule has 2 aliphatic heterocycles. The highest BCUT2D eigenvalue weighted by Crippen LogP contribution is 2.37. The molecule has 2 aromatic carbocycles. The summed E-state index contributed by atoms with van der Waals surface area (Å²) in [6.45, 7) is 6.19. The lowest BCUT2D eigenvalue weighted by Crippen LogP contribution is -2.47. The summed E-state index contributed by atoms with van der Waals surface area (Å²) in [5.74, 6) is 1.80. The molecule has 0 bridgehead atoms. The molecule has 0 amide bonds. The third-order valence-electron chi connectivity index (χ3n) is 7.39. The number of aliphatic hydroxyl groups excluding tert-OH is 1. The molecule has 1 unspecified atom stereocenters. The molecule has 9 heteroatoms. The number of phenols is 1. The van der Waals surface area contributed by atoms with E-state index in [0.29, 0.717) is 5.95 Å². The van der Waals surface area contributed by atoms with Gasteiger partial charge in [-0.15, -0.1) is 0 Å². The Bertz CT molecular complexity index is 1360. The lowest BCUT2D eigenvalue weighted by Gasteiger charge is -2.36. The van der Waals surface area contributed by atoms with Gasteiger partial charge in [-0.25, -0.2) is 4.98 Å². The van der Waals surface area contributed by atoms with Gasteiger partial charge in [0.05, 0.1) is 19.0 Å². The SMILES string of the molecule is CCC(CO)n1cnc2c(N3CCc4ccccc43)nc(N3CCN(c4ccc(O)cc4)CC3)nc21. The Hall–Kier alpha value is -3.85. The fourth-order valence-corrected chi connectivity index (χ4v) is 5.29. The van der Waals surface area contributed by atoms with E-state index in [1.807, 2.05) is 16.7 Å². The van der Waals surface area contributed by atoms with Gasteiger partial charge in [0, 0.05) is 44.1 Å². The van der Waals surface area contributed by atoms with Crippen LogP contribution in [0, 0.1) is 0 Å². The van der Waals surface area contributed by atoms with Crippen LogP contribution >= 0.6 is 0 Å². The Labute approximate surface area is 210 Å². The summed E-state index contributed by atoms with van der Waals surface area (Å²) < 4.78 is 2.00. The minimum atomic E-state index is -0.0807. The van der Waals surface area contributed by atoms with Crippen LogP contribution < -0.4 is 14.7 Å². The zero-order valence-electron chi connectivity index (χ0n) is 20.5. The standard InChI is InChI=1S/C27H31N7O2/c1-2-20(17-35)34-18-28-24-25(33-12-11-19-5-3-4-6-23(19)33)29-27(30-26(24)34)32-15-13-31(14-16-32)21-7-9-22(36)10-8-21/h3-10,18,20,35-36H,2,11-17H2,1H3. The quantitative estimate of drug-likeness (QED) is 0.429. The number of hydrogen-bond donors (Lipinski definition) is 2. The highest BCUT2D eigenvalue weighted by molar-refractivity contribution is 5.89. The molecule has 2 N–H and O–H groups in total. The molecule has 6 rings (SSSR count). The summed E-state index contributed by atoms with van der Waals surface area (Å²) in [6.07, 6.45) is 3.55. The molecule has 1 atom stereocenters. The molecule has 0 saturated carbocycles. The molecule has 2 aliphatic rings. The number of nitrogens with zero attached hydrogens (tertiary/aromatic N) is 7. The zero-order chi connectivity index (χ0) is 24.6. The number of fused-ring (bicyclic) bond motifs is 2. The van der Waals surface area contributed by atoms with Crippen LogP contribution in [0.3, 0.4) is 0 Å².